The number of nitrogens with one attached hydrogen (secondary N) is 2. The molecule has 0 heterocycles. The summed E-state index contributed by atoms with van der Waals surface area (Å²) in [6, 6.07) is 1.84. The normalized spacial score (nSPS) is 11.8. The van der Waals surface area contributed by atoms with E-state index in [1.165, 1.54) is 0 Å². The molecule has 0 saturated heterocycles. The highest BCUT2D eigenvalue weighted by molar-refractivity contribution is 5.78. The van der Waals surface area contributed by atoms with Crippen molar-refractivity contribution in [3.05, 3.63) is 0 Å². The molecule has 0 saturated carbocycles. The summed E-state index contributed by atoms with van der Waals surface area (Å²) in [6.07, 6.45) is 0. The summed E-state index contributed by atoms with van der Waals surface area (Å²) in [6.45, 7) is 3.74. The number of rotatable bonds is 7. The van der Waals surface area contributed by atoms with Gasteiger partial charge in [0.25, 0.3) is 0 Å². The van der Waals surface area contributed by atoms with Gasteiger partial charge in [-0.2, -0.15) is 5.26 Å². The van der Waals surface area contributed by atoms with Crippen LogP contribution >= 0.6 is 0 Å². The Kier molecular flexibility index (Phi) is 7.80. The van der Waals surface area contributed by atoms with E-state index in [1.807, 2.05) is 13.0 Å². The minimum atomic E-state index is -0.156. The topological polar surface area (TPSA) is 74.2 Å². The van der Waals surface area contributed by atoms with E-state index in [0.29, 0.717) is 12.5 Å². The van der Waals surface area contributed by atoms with Gasteiger partial charge < -0.3 is 15.4 Å². The van der Waals surface area contributed by atoms with Crippen LogP contribution in [0.25, 0.3) is 0 Å². The highest BCUT2D eigenvalue weighted by Crippen LogP contribution is 1.91. The van der Waals surface area contributed by atoms with Crippen LogP contribution in [0.1, 0.15) is 6.92 Å². The standard InChI is InChI=1S/C9H17N3O2/c1-8(7-14-2)5-11-6-9(13)12-4-3-10/h8,11H,4-7H2,1-2H3,(H,12,13). The summed E-state index contributed by atoms with van der Waals surface area (Å²) in [5.74, 6) is 0.222. The zero-order valence-corrected chi connectivity index (χ0v) is 8.67. The molecule has 0 aliphatic carbocycles. The van der Waals surface area contributed by atoms with E-state index in [0.717, 1.165) is 6.54 Å². The van der Waals surface area contributed by atoms with Gasteiger partial charge in [0.05, 0.1) is 12.6 Å². The fourth-order valence-electron chi connectivity index (χ4n) is 0.976. The number of ether oxygens (including phenoxy) is 1. The minimum Gasteiger partial charge on any atom is -0.384 e. The second-order valence-electron chi connectivity index (χ2n) is 3.13. The van der Waals surface area contributed by atoms with Crippen LogP contribution in [0.15, 0.2) is 0 Å². The maximum absolute atomic E-state index is 11.0. The third-order valence-corrected chi connectivity index (χ3v) is 1.59. The Labute approximate surface area is 84.4 Å². The van der Waals surface area contributed by atoms with Crippen molar-refractivity contribution >= 4 is 5.91 Å². The number of nitrogens with zero attached hydrogens (tertiary/aromatic N) is 1. The zero-order chi connectivity index (χ0) is 10.8. The summed E-state index contributed by atoms with van der Waals surface area (Å²) in [5, 5.41) is 13.6. The Morgan fingerprint density at radius 3 is 2.93 bits per heavy atom. The first-order valence-electron chi connectivity index (χ1n) is 4.54. The first-order valence-corrected chi connectivity index (χ1v) is 4.54. The molecule has 0 bridgehead atoms. The summed E-state index contributed by atoms with van der Waals surface area (Å²) in [7, 11) is 1.65. The van der Waals surface area contributed by atoms with Crippen LogP contribution in [0.2, 0.25) is 0 Å². The molecule has 0 aliphatic heterocycles. The lowest BCUT2D eigenvalue weighted by molar-refractivity contribution is -0.120. The second-order valence-corrected chi connectivity index (χ2v) is 3.13. The molecule has 14 heavy (non-hydrogen) atoms. The van der Waals surface area contributed by atoms with Crippen LogP contribution in [0.4, 0.5) is 0 Å². The van der Waals surface area contributed by atoms with Crippen molar-refractivity contribution in [2.75, 3.05) is 33.4 Å². The summed E-state index contributed by atoms with van der Waals surface area (Å²) in [5.41, 5.74) is 0. The van der Waals surface area contributed by atoms with E-state index in [4.69, 9.17) is 10.00 Å². The maximum atomic E-state index is 11.0. The van der Waals surface area contributed by atoms with Gasteiger partial charge in [-0.25, -0.2) is 0 Å². The van der Waals surface area contributed by atoms with Crippen molar-refractivity contribution in [1.82, 2.24) is 10.6 Å². The van der Waals surface area contributed by atoms with Gasteiger partial charge in [0.2, 0.25) is 5.91 Å². The maximum Gasteiger partial charge on any atom is 0.234 e. The Morgan fingerprint density at radius 2 is 2.36 bits per heavy atom. The lowest BCUT2D eigenvalue weighted by Crippen LogP contribution is -2.36. The molecule has 0 aliphatic rings. The molecule has 2 N–H and O–H groups in total. The SMILES string of the molecule is COCC(C)CNCC(=O)NCC#N. The zero-order valence-electron chi connectivity index (χ0n) is 8.67. The Bertz CT molecular complexity index is 201. The molecule has 5 heteroatoms. The van der Waals surface area contributed by atoms with Gasteiger partial charge in [0, 0.05) is 20.3 Å². The van der Waals surface area contributed by atoms with Crippen LogP contribution in [0.5, 0.6) is 0 Å². The fraction of sp³-hybridized carbons (Fsp3) is 0.778. The summed E-state index contributed by atoms with van der Waals surface area (Å²) in [4.78, 5) is 11.0. The first kappa shape index (κ1) is 12.9. The van der Waals surface area contributed by atoms with E-state index < -0.39 is 0 Å². The van der Waals surface area contributed by atoms with Gasteiger partial charge in [-0.1, -0.05) is 6.92 Å². The molecule has 0 aromatic heterocycles. The van der Waals surface area contributed by atoms with E-state index in [9.17, 15) is 4.79 Å². The number of carbonyl (C=O) groups is 1. The number of hydrogen-bond acceptors (Lipinski definition) is 4. The van der Waals surface area contributed by atoms with Crippen LogP contribution in [0, 0.1) is 17.2 Å². The number of amides is 1. The van der Waals surface area contributed by atoms with Gasteiger partial charge in [-0.15, -0.1) is 0 Å². The van der Waals surface area contributed by atoms with E-state index in [2.05, 4.69) is 10.6 Å². The highest BCUT2D eigenvalue weighted by Gasteiger charge is 2.02. The quantitative estimate of drug-likeness (QED) is 0.542. The second kappa shape index (κ2) is 8.48. The summed E-state index contributed by atoms with van der Waals surface area (Å²) < 4.78 is 4.94. The predicted octanol–water partition coefficient (Wildman–Crippen LogP) is -0.502. The molecule has 80 valence electrons. The molecule has 0 aromatic rings. The molecular weight excluding hydrogens is 182 g/mol. The van der Waals surface area contributed by atoms with E-state index >= 15 is 0 Å². The summed E-state index contributed by atoms with van der Waals surface area (Å²) >= 11 is 0. The molecule has 0 rings (SSSR count). The first-order chi connectivity index (χ1) is 6.70. The molecular formula is C9H17N3O2. The largest absolute Gasteiger partial charge is 0.384 e. The molecule has 0 fully saturated rings. The van der Waals surface area contributed by atoms with Crippen LogP contribution < -0.4 is 10.6 Å². The lowest BCUT2D eigenvalue weighted by Gasteiger charge is -2.10. The third-order valence-electron chi connectivity index (χ3n) is 1.59. The van der Waals surface area contributed by atoms with Crippen LogP contribution in [-0.4, -0.2) is 39.3 Å². The van der Waals surface area contributed by atoms with Crippen molar-refractivity contribution in [2.24, 2.45) is 5.92 Å². The lowest BCUT2D eigenvalue weighted by atomic mass is 10.2. The fourth-order valence-corrected chi connectivity index (χ4v) is 0.976. The number of nitriles is 1. The van der Waals surface area contributed by atoms with Crippen molar-refractivity contribution < 1.29 is 9.53 Å². The predicted molar refractivity (Wildman–Crippen MR) is 52.5 cm³/mol. The van der Waals surface area contributed by atoms with Crippen molar-refractivity contribution in [2.45, 2.75) is 6.92 Å². The minimum absolute atomic E-state index is 0.0636. The monoisotopic (exact) mass is 199 g/mol. The molecule has 0 spiro atoms. The molecule has 0 aromatic carbocycles. The van der Waals surface area contributed by atoms with Gasteiger partial charge in [0.15, 0.2) is 0 Å². The molecule has 1 atom stereocenters. The Morgan fingerprint density at radius 1 is 1.64 bits per heavy atom. The van der Waals surface area contributed by atoms with Gasteiger partial charge >= 0.3 is 0 Å². The number of carbonyl (C=O) groups excluding carboxylic acids is 1. The average Bonchev–Trinajstić information content (AvgIpc) is 2.15. The molecule has 5 nitrogen and oxygen atoms in total. The molecule has 1 amide bonds. The Balaban J connectivity index is 3.35. The van der Waals surface area contributed by atoms with Gasteiger partial charge in [0.1, 0.15) is 6.54 Å². The highest BCUT2D eigenvalue weighted by atomic mass is 16.5. The number of hydrogen-bond donors (Lipinski definition) is 2. The van der Waals surface area contributed by atoms with Crippen molar-refractivity contribution in [1.29, 1.82) is 5.26 Å². The Hall–Kier alpha value is -1.12. The van der Waals surface area contributed by atoms with Gasteiger partial charge in [-0.3, -0.25) is 4.79 Å². The number of methoxy groups -OCH3 is 1. The van der Waals surface area contributed by atoms with Gasteiger partial charge in [-0.05, 0) is 5.92 Å². The molecule has 1 unspecified atom stereocenters. The van der Waals surface area contributed by atoms with Crippen molar-refractivity contribution in [3.8, 4) is 6.07 Å². The van der Waals surface area contributed by atoms with E-state index in [-0.39, 0.29) is 19.0 Å². The van der Waals surface area contributed by atoms with E-state index in [1.54, 1.807) is 7.11 Å². The average molecular weight is 199 g/mol. The smallest absolute Gasteiger partial charge is 0.234 e. The third kappa shape index (κ3) is 7.53. The van der Waals surface area contributed by atoms with Crippen LogP contribution in [-0.2, 0) is 9.53 Å². The van der Waals surface area contributed by atoms with Crippen molar-refractivity contribution in [3.63, 3.8) is 0 Å². The molecule has 0 radical (unpaired) electrons. The van der Waals surface area contributed by atoms with Crippen LogP contribution in [0.3, 0.4) is 0 Å².